The molecule has 0 amide bonds. The summed E-state index contributed by atoms with van der Waals surface area (Å²) in [6.07, 6.45) is 3.56. The van der Waals surface area contributed by atoms with Crippen molar-refractivity contribution in [1.82, 2.24) is 4.31 Å². The van der Waals surface area contributed by atoms with Crippen LogP contribution in [0.1, 0.15) is 18.4 Å². The zero-order valence-electron chi connectivity index (χ0n) is 9.96. The average Bonchev–Trinajstić information content (AvgIpc) is 3.07. The molecule has 3 nitrogen and oxygen atoms in total. The third-order valence-electron chi connectivity index (χ3n) is 3.00. The second kappa shape index (κ2) is 4.63. The van der Waals surface area contributed by atoms with Crippen LogP contribution >= 0.6 is 0 Å². The van der Waals surface area contributed by atoms with Crippen LogP contribution in [0.2, 0.25) is 0 Å². The molecule has 1 aromatic rings. The summed E-state index contributed by atoms with van der Waals surface area (Å²) in [6, 6.07) is 7.17. The average molecular weight is 251 g/mol. The second-order valence-corrected chi connectivity index (χ2v) is 6.30. The number of nitrogens with zero attached hydrogens (tertiary/aromatic N) is 1. The fourth-order valence-corrected chi connectivity index (χ4v) is 3.46. The highest BCUT2D eigenvalue weighted by Gasteiger charge is 2.43. The molecule has 0 bridgehead atoms. The van der Waals surface area contributed by atoms with E-state index in [0.717, 1.165) is 18.4 Å². The van der Waals surface area contributed by atoms with Gasteiger partial charge in [-0.2, -0.15) is 4.31 Å². The van der Waals surface area contributed by atoms with Gasteiger partial charge in [-0.1, -0.05) is 23.8 Å². The quantitative estimate of drug-likeness (QED) is 0.595. The van der Waals surface area contributed by atoms with Gasteiger partial charge in [-0.3, -0.25) is 0 Å². The van der Waals surface area contributed by atoms with E-state index in [1.54, 1.807) is 16.4 Å². The maximum atomic E-state index is 12.2. The first kappa shape index (κ1) is 12.3. The van der Waals surface area contributed by atoms with Crippen molar-refractivity contribution in [3.05, 3.63) is 42.5 Å². The molecule has 2 atom stereocenters. The van der Waals surface area contributed by atoms with Gasteiger partial charge in [0.25, 0.3) is 0 Å². The van der Waals surface area contributed by atoms with Crippen LogP contribution in [0.25, 0.3) is 0 Å². The van der Waals surface area contributed by atoms with Gasteiger partial charge in [0.15, 0.2) is 0 Å². The van der Waals surface area contributed by atoms with Crippen LogP contribution in [0.4, 0.5) is 0 Å². The zero-order valence-corrected chi connectivity index (χ0v) is 10.8. The van der Waals surface area contributed by atoms with E-state index in [1.165, 1.54) is 0 Å². The Balaban J connectivity index is 2.10. The van der Waals surface area contributed by atoms with E-state index < -0.39 is 10.0 Å². The van der Waals surface area contributed by atoms with Crippen LogP contribution in [-0.4, -0.2) is 25.3 Å². The molecule has 1 aromatic carbocycles. The van der Waals surface area contributed by atoms with E-state index in [1.807, 2.05) is 25.1 Å². The number of rotatable bonds is 5. The van der Waals surface area contributed by atoms with Crippen LogP contribution in [0.3, 0.4) is 0 Å². The summed E-state index contributed by atoms with van der Waals surface area (Å²) in [4.78, 5) is 0.393. The van der Waals surface area contributed by atoms with Gasteiger partial charge < -0.3 is 0 Å². The van der Waals surface area contributed by atoms with Crippen molar-refractivity contribution in [1.29, 1.82) is 0 Å². The van der Waals surface area contributed by atoms with Crippen molar-refractivity contribution in [2.45, 2.75) is 30.7 Å². The summed E-state index contributed by atoms with van der Waals surface area (Å²) in [5.74, 6) is 0. The van der Waals surface area contributed by atoms with Gasteiger partial charge in [0.2, 0.25) is 10.0 Å². The highest BCUT2D eigenvalue weighted by molar-refractivity contribution is 7.89. The molecule has 0 spiro atoms. The maximum absolute atomic E-state index is 12.2. The monoisotopic (exact) mass is 251 g/mol. The highest BCUT2D eigenvalue weighted by atomic mass is 32.2. The Bertz CT molecular complexity index is 505. The lowest BCUT2D eigenvalue weighted by Crippen LogP contribution is -2.14. The topological polar surface area (TPSA) is 37.1 Å². The molecule has 1 saturated heterocycles. The molecule has 1 aliphatic rings. The number of benzene rings is 1. The summed E-state index contributed by atoms with van der Waals surface area (Å²) >= 11 is 0. The molecule has 0 radical (unpaired) electrons. The van der Waals surface area contributed by atoms with Crippen molar-refractivity contribution in [2.24, 2.45) is 0 Å². The molecular weight excluding hydrogens is 234 g/mol. The highest BCUT2D eigenvalue weighted by Crippen LogP contribution is 2.31. The summed E-state index contributed by atoms with van der Waals surface area (Å²) in [5, 5.41) is 0. The minimum absolute atomic E-state index is 0.166. The van der Waals surface area contributed by atoms with E-state index in [0.29, 0.717) is 11.4 Å². The fraction of sp³-hybridized carbons (Fsp3) is 0.385. The number of hydrogen-bond acceptors (Lipinski definition) is 2. The van der Waals surface area contributed by atoms with Gasteiger partial charge in [0.05, 0.1) is 4.90 Å². The van der Waals surface area contributed by atoms with Gasteiger partial charge in [-0.05, 0) is 31.9 Å². The van der Waals surface area contributed by atoms with Gasteiger partial charge in [-0.25, -0.2) is 8.42 Å². The van der Waals surface area contributed by atoms with E-state index in [4.69, 9.17) is 0 Å². The second-order valence-electron chi connectivity index (χ2n) is 4.41. The summed E-state index contributed by atoms with van der Waals surface area (Å²) in [6.45, 7) is 6.24. The number of sulfonamides is 1. The minimum atomic E-state index is -3.26. The molecule has 1 heterocycles. The predicted molar refractivity (Wildman–Crippen MR) is 68.3 cm³/mol. The van der Waals surface area contributed by atoms with Crippen LogP contribution in [0.5, 0.6) is 0 Å². The Morgan fingerprint density at radius 1 is 1.41 bits per heavy atom. The van der Waals surface area contributed by atoms with Crippen molar-refractivity contribution in [3.63, 3.8) is 0 Å². The smallest absolute Gasteiger partial charge is 0.207 e. The standard InChI is InChI=1S/C13H17NO2S/c1-3-4-5-12-10-14(12)17(15,16)13-8-6-11(2)7-9-13/h3,6-9,12H,1,4-5,10H2,2H3/t12-,14?/m1/s1. The van der Waals surface area contributed by atoms with Gasteiger partial charge in [-0.15, -0.1) is 6.58 Å². The summed E-state index contributed by atoms with van der Waals surface area (Å²) in [5.41, 5.74) is 1.07. The Hall–Kier alpha value is -1.13. The molecule has 17 heavy (non-hydrogen) atoms. The number of allylic oxidation sites excluding steroid dienone is 1. The van der Waals surface area contributed by atoms with Crippen LogP contribution < -0.4 is 0 Å². The Labute approximate surface area is 103 Å². The van der Waals surface area contributed by atoms with Crippen LogP contribution in [0, 0.1) is 6.92 Å². The molecule has 0 N–H and O–H groups in total. The molecule has 0 aliphatic carbocycles. The molecular formula is C13H17NO2S. The molecule has 0 aromatic heterocycles. The predicted octanol–water partition coefficient (Wildman–Crippen LogP) is 2.33. The Morgan fingerprint density at radius 3 is 2.65 bits per heavy atom. The molecule has 4 heteroatoms. The first-order valence-corrected chi connectivity index (χ1v) is 7.19. The van der Waals surface area contributed by atoms with E-state index in [-0.39, 0.29) is 6.04 Å². The zero-order chi connectivity index (χ0) is 12.5. The fourth-order valence-electron chi connectivity index (χ4n) is 1.85. The van der Waals surface area contributed by atoms with Gasteiger partial charge in [0.1, 0.15) is 0 Å². The van der Waals surface area contributed by atoms with Crippen molar-refractivity contribution >= 4 is 10.0 Å². The van der Waals surface area contributed by atoms with Crippen molar-refractivity contribution < 1.29 is 8.42 Å². The molecule has 0 saturated carbocycles. The third kappa shape index (κ3) is 2.58. The van der Waals surface area contributed by atoms with Crippen LogP contribution in [-0.2, 0) is 10.0 Å². The SMILES string of the molecule is C=CCC[C@@H]1CN1S(=O)(=O)c1ccc(C)cc1. The van der Waals surface area contributed by atoms with Crippen molar-refractivity contribution in [3.8, 4) is 0 Å². The lowest BCUT2D eigenvalue weighted by Gasteiger charge is -2.06. The van der Waals surface area contributed by atoms with Crippen LogP contribution in [0.15, 0.2) is 41.8 Å². The summed E-state index contributed by atoms with van der Waals surface area (Å²) < 4.78 is 25.9. The van der Waals surface area contributed by atoms with E-state index in [2.05, 4.69) is 6.58 Å². The van der Waals surface area contributed by atoms with Crippen molar-refractivity contribution in [2.75, 3.05) is 6.54 Å². The first-order chi connectivity index (χ1) is 8.05. The van der Waals surface area contributed by atoms with Gasteiger partial charge in [0, 0.05) is 12.6 Å². The number of hydrogen-bond donors (Lipinski definition) is 0. The Kier molecular flexibility index (Phi) is 3.35. The Morgan fingerprint density at radius 2 is 2.06 bits per heavy atom. The maximum Gasteiger partial charge on any atom is 0.243 e. The molecule has 92 valence electrons. The molecule has 1 unspecified atom stereocenters. The minimum Gasteiger partial charge on any atom is -0.207 e. The molecule has 1 fully saturated rings. The van der Waals surface area contributed by atoms with E-state index >= 15 is 0 Å². The van der Waals surface area contributed by atoms with Gasteiger partial charge >= 0.3 is 0 Å². The first-order valence-electron chi connectivity index (χ1n) is 5.75. The molecule has 2 rings (SSSR count). The largest absolute Gasteiger partial charge is 0.243 e. The lowest BCUT2D eigenvalue weighted by molar-refractivity contribution is 0.548. The number of aryl methyl sites for hydroxylation is 1. The van der Waals surface area contributed by atoms with E-state index in [9.17, 15) is 8.42 Å². The lowest BCUT2D eigenvalue weighted by atomic mass is 10.2. The summed E-state index contributed by atoms with van der Waals surface area (Å²) in [7, 11) is -3.26. The molecule has 1 aliphatic heterocycles. The normalized spacial score (nSPS) is 23.4. The third-order valence-corrected chi connectivity index (χ3v) is 4.93.